The Morgan fingerprint density at radius 3 is 2.71 bits per heavy atom. The number of aliphatic hydroxyl groups excluding tert-OH is 1. The van der Waals surface area contributed by atoms with Crippen molar-refractivity contribution in [1.82, 2.24) is 0 Å². The second kappa shape index (κ2) is 5.25. The van der Waals surface area contributed by atoms with E-state index in [4.69, 9.17) is 14.2 Å². The summed E-state index contributed by atoms with van der Waals surface area (Å²) in [7, 11) is 3.17. The molecule has 3 unspecified atom stereocenters. The van der Waals surface area contributed by atoms with Crippen LogP contribution in [0, 0.1) is 0 Å². The fourth-order valence-corrected chi connectivity index (χ4v) is 2.34. The van der Waals surface area contributed by atoms with Gasteiger partial charge in [-0.2, -0.15) is 0 Å². The number of aliphatic hydroxyl groups is 1. The van der Waals surface area contributed by atoms with Gasteiger partial charge in [0.15, 0.2) is 11.5 Å². The molecule has 1 aromatic carbocycles. The lowest BCUT2D eigenvalue weighted by Gasteiger charge is -2.40. The SMILES string of the molecule is COc1cccc(Br)c1OC1CC(O)C1OC. The summed E-state index contributed by atoms with van der Waals surface area (Å²) >= 11 is 3.42. The van der Waals surface area contributed by atoms with Crippen LogP contribution in [0.2, 0.25) is 0 Å². The molecule has 0 spiro atoms. The highest BCUT2D eigenvalue weighted by Gasteiger charge is 2.42. The van der Waals surface area contributed by atoms with Crippen molar-refractivity contribution in [1.29, 1.82) is 0 Å². The van der Waals surface area contributed by atoms with Crippen LogP contribution in [0.5, 0.6) is 11.5 Å². The van der Waals surface area contributed by atoms with Gasteiger partial charge in [0.05, 0.1) is 17.7 Å². The van der Waals surface area contributed by atoms with E-state index in [0.717, 1.165) is 4.47 Å². The van der Waals surface area contributed by atoms with Gasteiger partial charge in [-0.1, -0.05) is 6.07 Å². The minimum Gasteiger partial charge on any atom is -0.493 e. The van der Waals surface area contributed by atoms with Crippen molar-refractivity contribution in [2.45, 2.75) is 24.7 Å². The Morgan fingerprint density at radius 1 is 1.35 bits per heavy atom. The number of ether oxygens (including phenoxy) is 3. The van der Waals surface area contributed by atoms with Crippen molar-refractivity contribution in [3.63, 3.8) is 0 Å². The van der Waals surface area contributed by atoms with Gasteiger partial charge in [0, 0.05) is 13.5 Å². The zero-order valence-corrected chi connectivity index (χ0v) is 11.3. The van der Waals surface area contributed by atoms with Crippen LogP contribution in [-0.2, 0) is 4.74 Å². The fourth-order valence-electron chi connectivity index (χ4n) is 1.90. The molecule has 0 heterocycles. The first-order valence-corrected chi connectivity index (χ1v) is 6.16. The molecule has 94 valence electrons. The maximum absolute atomic E-state index is 9.50. The minimum atomic E-state index is -0.446. The summed E-state index contributed by atoms with van der Waals surface area (Å²) in [6.45, 7) is 0. The minimum absolute atomic E-state index is 0.136. The third-order valence-electron chi connectivity index (χ3n) is 2.91. The van der Waals surface area contributed by atoms with Crippen LogP contribution in [0.1, 0.15) is 6.42 Å². The third-order valence-corrected chi connectivity index (χ3v) is 3.54. The summed E-state index contributed by atoms with van der Waals surface area (Å²) in [5, 5.41) is 9.50. The van der Waals surface area contributed by atoms with Gasteiger partial charge in [-0.3, -0.25) is 0 Å². The van der Waals surface area contributed by atoms with E-state index in [2.05, 4.69) is 15.9 Å². The standard InChI is InChI=1S/C12H15BrO4/c1-15-9-5-3-4-7(13)11(9)17-10-6-8(14)12(10)16-2/h3-5,8,10,12,14H,6H2,1-2H3. The van der Waals surface area contributed by atoms with Crippen LogP contribution in [0.15, 0.2) is 22.7 Å². The van der Waals surface area contributed by atoms with E-state index in [1.807, 2.05) is 18.2 Å². The Kier molecular flexibility index (Phi) is 3.91. The second-order valence-electron chi connectivity index (χ2n) is 3.93. The van der Waals surface area contributed by atoms with Crippen LogP contribution in [0.4, 0.5) is 0 Å². The van der Waals surface area contributed by atoms with Crippen molar-refractivity contribution in [3.05, 3.63) is 22.7 Å². The van der Waals surface area contributed by atoms with E-state index in [9.17, 15) is 5.11 Å². The van der Waals surface area contributed by atoms with Crippen molar-refractivity contribution in [2.75, 3.05) is 14.2 Å². The van der Waals surface area contributed by atoms with Crippen LogP contribution >= 0.6 is 15.9 Å². The first kappa shape index (κ1) is 12.7. The summed E-state index contributed by atoms with van der Waals surface area (Å²) in [5.74, 6) is 1.31. The molecule has 1 fully saturated rings. The zero-order valence-electron chi connectivity index (χ0n) is 9.72. The number of halogens is 1. The molecule has 0 saturated heterocycles. The molecular weight excluding hydrogens is 288 g/mol. The summed E-state index contributed by atoms with van der Waals surface area (Å²) < 4.78 is 17.0. The molecule has 0 bridgehead atoms. The fraction of sp³-hybridized carbons (Fsp3) is 0.500. The van der Waals surface area contributed by atoms with Crippen molar-refractivity contribution >= 4 is 15.9 Å². The number of hydrogen-bond acceptors (Lipinski definition) is 4. The average molecular weight is 303 g/mol. The molecule has 1 aliphatic rings. The lowest BCUT2D eigenvalue weighted by Crippen LogP contribution is -2.54. The van der Waals surface area contributed by atoms with Gasteiger partial charge < -0.3 is 19.3 Å². The predicted molar refractivity (Wildman–Crippen MR) is 66.5 cm³/mol. The molecule has 2 rings (SSSR count). The average Bonchev–Trinajstić information content (AvgIpc) is 2.30. The van der Waals surface area contributed by atoms with Crippen LogP contribution in [0.25, 0.3) is 0 Å². The first-order valence-electron chi connectivity index (χ1n) is 5.37. The normalized spacial score (nSPS) is 27.4. The summed E-state index contributed by atoms with van der Waals surface area (Å²) in [4.78, 5) is 0. The Bertz CT molecular complexity index is 396. The van der Waals surface area contributed by atoms with Crippen LogP contribution in [0.3, 0.4) is 0 Å². The lowest BCUT2D eigenvalue weighted by atomic mass is 9.88. The van der Waals surface area contributed by atoms with E-state index < -0.39 is 6.10 Å². The van der Waals surface area contributed by atoms with E-state index in [1.165, 1.54) is 0 Å². The van der Waals surface area contributed by atoms with Crippen LogP contribution in [-0.4, -0.2) is 37.6 Å². The van der Waals surface area contributed by atoms with Gasteiger partial charge in [0.2, 0.25) is 0 Å². The van der Waals surface area contributed by atoms with E-state index in [-0.39, 0.29) is 12.2 Å². The van der Waals surface area contributed by atoms with Crippen molar-refractivity contribution < 1.29 is 19.3 Å². The highest BCUT2D eigenvalue weighted by atomic mass is 79.9. The molecule has 4 nitrogen and oxygen atoms in total. The number of para-hydroxylation sites is 1. The molecule has 17 heavy (non-hydrogen) atoms. The second-order valence-corrected chi connectivity index (χ2v) is 4.79. The summed E-state index contributed by atoms with van der Waals surface area (Å²) in [5.41, 5.74) is 0. The van der Waals surface area contributed by atoms with Gasteiger partial charge >= 0.3 is 0 Å². The maximum atomic E-state index is 9.50. The van der Waals surface area contributed by atoms with E-state index in [1.54, 1.807) is 14.2 Å². The molecule has 1 saturated carbocycles. The molecule has 1 aliphatic carbocycles. The molecule has 1 N–H and O–H groups in total. The van der Waals surface area contributed by atoms with Gasteiger partial charge in [-0.05, 0) is 28.1 Å². The quantitative estimate of drug-likeness (QED) is 0.924. The molecule has 3 atom stereocenters. The number of benzene rings is 1. The molecule has 1 aromatic rings. The van der Waals surface area contributed by atoms with Crippen molar-refractivity contribution in [2.24, 2.45) is 0 Å². The third kappa shape index (κ3) is 2.41. The van der Waals surface area contributed by atoms with Gasteiger partial charge in [-0.25, -0.2) is 0 Å². The largest absolute Gasteiger partial charge is 0.493 e. The monoisotopic (exact) mass is 302 g/mol. The van der Waals surface area contributed by atoms with Gasteiger partial charge in [0.25, 0.3) is 0 Å². The van der Waals surface area contributed by atoms with E-state index >= 15 is 0 Å². The number of rotatable bonds is 4. The molecule has 5 heteroatoms. The smallest absolute Gasteiger partial charge is 0.175 e. The Hall–Kier alpha value is -0.780. The highest BCUT2D eigenvalue weighted by Crippen LogP contribution is 2.38. The Morgan fingerprint density at radius 2 is 2.12 bits per heavy atom. The first-order chi connectivity index (χ1) is 8.17. The van der Waals surface area contributed by atoms with Crippen molar-refractivity contribution in [3.8, 4) is 11.5 Å². The topological polar surface area (TPSA) is 47.9 Å². The predicted octanol–water partition coefficient (Wildman–Crippen LogP) is 1.98. The molecule has 0 radical (unpaired) electrons. The zero-order chi connectivity index (χ0) is 12.4. The Balaban J connectivity index is 2.14. The molecular formula is C12H15BrO4. The lowest BCUT2D eigenvalue weighted by molar-refractivity contribution is -0.149. The van der Waals surface area contributed by atoms with Crippen LogP contribution < -0.4 is 9.47 Å². The molecule has 0 amide bonds. The van der Waals surface area contributed by atoms with Gasteiger partial charge in [0.1, 0.15) is 12.2 Å². The Labute approximate surface area is 109 Å². The number of hydrogen-bond donors (Lipinski definition) is 1. The maximum Gasteiger partial charge on any atom is 0.175 e. The van der Waals surface area contributed by atoms with E-state index in [0.29, 0.717) is 17.9 Å². The summed E-state index contributed by atoms with van der Waals surface area (Å²) in [6.07, 6.45) is -0.281. The molecule has 0 aliphatic heterocycles. The molecule has 0 aromatic heterocycles. The summed E-state index contributed by atoms with van der Waals surface area (Å²) in [6, 6.07) is 5.59. The highest BCUT2D eigenvalue weighted by molar-refractivity contribution is 9.10. The number of methoxy groups -OCH3 is 2. The van der Waals surface area contributed by atoms with Gasteiger partial charge in [-0.15, -0.1) is 0 Å².